The van der Waals surface area contributed by atoms with E-state index in [2.05, 4.69) is 34.6 Å². The van der Waals surface area contributed by atoms with E-state index >= 15 is 0 Å². The van der Waals surface area contributed by atoms with Gasteiger partial charge in [-0.25, -0.2) is 0 Å². The first-order chi connectivity index (χ1) is 28.7. The van der Waals surface area contributed by atoms with Gasteiger partial charge in [0.2, 0.25) is 0 Å². The van der Waals surface area contributed by atoms with Crippen LogP contribution in [0.1, 0.15) is 291 Å². The molecule has 0 heterocycles. The van der Waals surface area contributed by atoms with Gasteiger partial charge in [-0.1, -0.05) is 253 Å². The van der Waals surface area contributed by atoms with Crippen LogP contribution in [0.15, 0.2) is 0 Å². The van der Waals surface area contributed by atoms with Crippen LogP contribution in [0.3, 0.4) is 0 Å². The number of hydrogen-bond donors (Lipinski definition) is 0. The third-order valence-electron chi connectivity index (χ3n) is 12.0. The van der Waals surface area contributed by atoms with Crippen molar-refractivity contribution in [1.29, 1.82) is 0 Å². The fourth-order valence-corrected chi connectivity index (χ4v) is 7.99. The molecule has 6 heteroatoms. The van der Waals surface area contributed by atoms with Gasteiger partial charge in [-0.15, -0.1) is 0 Å². The van der Waals surface area contributed by atoms with Crippen molar-refractivity contribution in [1.82, 2.24) is 0 Å². The predicted octanol–water partition coefficient (Wildman–Crippen LogP) is 16.9. The first-order valence-electron chi connectivity index (χ1n) is 26.2. The lowest BCUT2D eigenvalue weighted by atomic mass is 10.0. The van der Waals surface area contributed by atoms with Gasteiger partial charge in [0.1, 0.15) is 13.2 Å². The molecule has 0 rings (SSSR count). The smallest absolute Gasteiger partial charge is 0.306 e. The molecule has 0 aromatic heterocycles. The van der Waals surface area contributed by atoms with Gasteiger partial charge in [0, 0.05) is 19.3 Å². The van der Waals surface area contributed by atoms with E-state index in [0.717, 1.165) is 69.6 Å². The highest BCUT2D eigenvalue weighted by Crippen LogP contribution is 2.17. The predicted molar refractivity (Wildman–Crippen MR) is 252 cm³/mol. The third kappa shape index (κ3) is 47.3. The van der Waals surface area contributed by atoms with Crippen molar-refractivity contribution >= 4 is 17.9 Å². The summed E-state index contributed by atoms with van der Waals surface area (Å²) in [4.78, 5) is 38.0. The van der Waals surface area contributed by atoms with E-state index in [4.69, 9.17) is 14.2 Å². The molecule has 0 fully saturated rings. The molecule has 59 heavy (non-hydrogen) atoms. The van der Waals surface area contributed by atoms with E-state index in [0.29, 0.717) is 19.3 Å². The fourth-order valence-electron chi connectivity index (χ4n) is 7.99. The highest BCUT2D eigenvalue weighted by molar-refractivity contribution is 5.71. The minimum Gasteiger partial charge on any atom is -0.462 e. The molecular formula is C53H102O6. The summed E-state index contributed by atoms with van der Waals surface area (Å²) in [6.45, 7) is 11.4. The Balaban J connectivity index is 4.31. The monoisotopic (exact) mass is 835 g/mol. The highest BCUT2D eigenvalue weighted by atomic mass is 16.6. The fraction of sp³-hybridized carbons (Fsp3) is 0.943. The highest BCUT2D eigenvalue weighted by Gasteiger charge is 2.19. The average molecular weight is 835 g/mol. The zero-order chi connectivity index (χ0) is 43.3. The van der Waals surface area contributed by atoms with Gasteiger partial charge in [0.25, 0.3) is 0 Å². The summed E-state index contributed by atoms with van der Waals surface area (Å²) in [5, 5.41) is 0. The molecule has 6 nitrogen and oxygen atoms in total. The Kier molecular flexibility index (Phi) is 44.7. The number of rotatable bonds is 47. The minimum absolute atomic E-state index is 0.0636. The second-order valence-electron chi connectivity index (χ2n) is 19.1. The molecule has 0 aliphatic heterocycles. The van der Waals surface area contributed by atoms with Crippen LogP contribution in [0.5, 0.6) is 0 Å². The molecule has 0 N–H and O–H groups in total. The molecule has 0 spiro atoms. The van der Waals surface area contributed by atoms with Crippen LogP contribution in [-0.4, -0.2) is 37.2 Å². The molecular weight excluding hydrogens is 733 g/mol. The van der Waals surface area contributed by atoms with Crippen LogP contribution < -0.4 is 0 Å². The molecule has 0 radical (unpaired) electrons. The number of ether oxygens (including phenoxy) is 3. The maximum atomic E-state index is 12.8. The summed E-state index contributed by atoms with van der Waals surface area (Å²) in [5.41, 5.74) is 0. The Morgan fingerprint density at radius 3 is 0.831 bits per heavy atom. The summed E-state index contributed by atoms with van der Waals surface area (Å²) >= 11 is 0. The molecule has 0 aromatic carbocycles. The van der Waals surface area contributed by atoms with Crippen LogP contribution in [0, 0.1) is 11.8 Å². The first-order valence-corrected chi connectivity index (χ1v) is 26.2. The Labute approximate surface area is 368 Å². The molecule has 0 saturated carbocycles. The van der Waals surface area contributed by atoms with Crippen molar-refractivity contribution in [2.75, 3.05) is 13.2 Å². The molecule has 350 valence electrons. The van der Waals surface area contributed by atoms with Gasteiger partial charge in [0.05, 0.1) is 0 Å². The summed E-state index contributed by atoms with van der Waals surface area (Å²) in [6, 6.07) is 0. The Morgan fingerprint density at radius 2 is 0.559 bits per heavy atom. The number of hydrogen-bond acceptors (Lipinski definition) is 6. The summed E-state index contributed by atoms with van der Waals surface area (Å²) in [5.74, 6) is 0.803. The van der Waals surface area contributed by atoms with E-state index < -0.39 is 6.10 Å². The number of carbonyl (C=O) groups excluding carboxylic acids is 3. The van der Waals surface area contributed by atoms with Gasteiger partial charge in [-0.3, -0.25) is 14.4 Å². The van der Waals surface area contributed by atoms with E-state index in [9.17, 15) is 14.4 Å². The zero-order valence-corrected chi connectivity index (χ0v) is 40.4. The lowest BCUT2D eigenvalue weighted by Crippen LogP contribution is -2.30. The van der Waals surface area contributed by atoms with Gasteiger partial charge >= 0.3 is 17.9 Å². The number of esters is 3. The van der Waals surface area contributed by atoms with Crippen LogP contribution >= 0.6 is 0 Å². The lowest BCUT2D eigenvalue weighted by Gasteiger charge is -2.18. The topological polar surface area (TPSA) is 78.9 Å². The average Bonchev–Trinajstić information content (AvgIpc) is 3.20. The van der Waals surface area contributed by atoms with E-state index in [-0.39, 0.29) is 31.1 Å². The summed E-state index contributed by atoms with van der Waals surface area (Å²) in [6.07, 6.45) is 46.6. The molecule has 1 atom stereocenters. The minimum atomic E-state index is -0.761. The second kappa shape index (κ2) is 45.9. The van der Waals surface area contributed by atoms with Crippen molar-refractivity contribution in [2.24, 2.45) is 11.8 Å². The number of carbonyl (C=O) groups is 3. The van der Waals surface area contributed by atoms with E-state index in [1.54, 1.807) is 0 Å². The maximum Gasteiger partial charge on any atom is 0.306 e. The van der Waals surface area contributed by atoms with Crippen molar-refractivity contribution in [3.05, 3.63) is 0 Å². The van der Waals surface area contributed by atoms with Crippen molar-refractivity contribution in [3.8, 4) is 0 Å². The van der Waals surface area contributed by atoms with Crippen LogP contribution in [0.4, 0.5) is 0 Å². The third-order valence-corrected chi connectivity index (χ3v) is 12.0. The second-order valence-corrected chi connectivity index (χ2v) is 19.1. The summed E-state index contributed by atoms with van der Waals surface area (Å²) < 4.78 is 16.8. The zero-order valence-electron chi connectivity index (χ0n) is 40.4. The first kappa shape index (κ1) is 57.4. The van der Waals surface area contributed by atoms with Crippen LogP contribution in [-0.2, 0) is 28.6 Å². The molecule has 0 unspecified atom stereocenters. The van der Waals surface area contributed by atoms with Gasteiger partial charge < -0.3 is 14.2 Å². The molecule has 0 saturated heterocycles. The van der Waals surface area contributed by atoms with Crippen LogP contribution in [0.2, 0.25) is 0 Å². The van der Waals surface area contributed by atoms with Crippen LogP contribution in [0.25, 0.3) is 0 Å². The van der Waals surface area contributed by atoms with Gasteiger partial charge in [-0.05, 0) is 31.1 Å². The Bertz CT molecular complexity index is 900. The largest absolute Gasteiger partial charge is 0.462 e. The maximum absolute atomic E-state index is 12.8. The number of unbranched alkanes of at least 4 members (excludes halogenated alkanes) is 32. The van der Waals surface area contributed by atoms with E-state index in [1.165, 1.54) is 180 Å². The van der Waals surface area contributed by atoms with E-state index in [1.807, 2.05) is 0 Å². The lowest BCUT2D eigenvalue weighted by molar-refractivity contribution is -0.167. The normalized spacial score (nSPS) is 12.1. The molecule has 0 aliphatic carbocycles. The molecule has 0 bridgehead atoms. The Morgan fingerprint density at radius 1 is 0.322 bits per heavy atom. The van der Waals surface area contributed by atoms with Crippen molar-refractivity contribution < 1.29 is 28.6 Å². The van der Waals surface area contributed by atoms with Crippen molar-refractivity contribution in [2.45, 2.75) is 298 Å². The summed E-state index contributed by atoms with van der Waals surface area (Å²) in [7, 11) is 0. The van der Waals surface area contributed by atoms with Crippen molar-refractivity contribution in [3.63, 3.8) is 0 Å². The molecule has 0 aliphatic rings. The molecule has 0 aromatic rings. The standard InChI is InChI=1S/C53H102O6/c1-6-7-8-9-10-11-12-13-17-23-28-33-38-43-51(54)57-46-50(59-53(56)45-40-35-30-25-20-19-22-27-32-37-42-49(4)5)47-58-52(55)44-39-34-29-24-18-15-14-16-21-26-31-36-41-48(2)3/h48-50H,6-47H2,1-5H3/t50-/m0/s1. The quantitative estimate of drug-likeness (QED) is 0.0345. The van der Waals surface area contributed by atoms with Gasteiger partial charge in [0.15, 0.2) is 6.10 Å². The van der Waals surface area contributed by atoms with Gasteiger partial charge in [-0.2, -0.15) is 0 Å². The Hall–Kier alpha value is -1.59. The SMILES string of the molecule is CCCCCCCCCCCCCCCC(=O)OC[C@@H](COC(=O)CCCCCCCCCCCCCCC(C)C)OC(=O)CCCCCCCCCCCCC(C)C. The molecule has 0 amide bonds.